The Kier molecular flexibility index (Phi) is 5.26. The number of aryl methyl sites for hydroxylation is 1. The predicted octanol–water partition coefficient (Wildman–Crippen LogP) is 4.70. The number of hydrogen-bond donors (Lipinski definition) is 1. The standard InChI is InChI=1S/C25H24N2O3S/c1-17-9-14-31-23(17)15-22-24(29)19-7-8-21(28)20(25(19)30-22)16-26-10-12-27(13-11-26)18-5-3-2-4-6-18/h2-9,14-15,28H,10-13,16H2,1H3/b22-15-. The molecule has 158 valence electrons. The van der Waals surface area contributed by atoms with Gasteiger partial charge >= 0.3 is 0 Å². The fraction of sp³-hybridized carbons (Fsp3) is 0.240. The van der Waals surface area contributed by atoms with Crippen molar-refractivity contribution in [2.45, 2.75) is 13.5 Å². The Balaban J connectivity index is 1.34. The van der Waals surface area contributed by atoms with Crippen molar-refractivity contribution < 1.29 is 14.6 Å². The number of hydrogen-bond acceptors (Lipinski definition) is 6. The van der Waals surface area contributed by atoms with Gasteiger partial charge in [0, 0.05) is 49.4 Å². The van der Waals surface area contributed by atoms with Crippen LogP contribution in [-0.2, 0) is 6.54 Å². The van der Waals surface area contributed by atoms with Gasteiger partial charge in [-0.3, -0.25) is 9.69 Å². The number of aromatic hydroxyl groups is 1. The zero-order valence-corrected chi connectivity index (χ0v) is 18.2. The van der Waals surface area contributed by atoms with Crippen LogP contribution in [0.25, 0.3) is 6.08 Å². The van der Waals surface area contributed by atoms with Crippen LogP contribution in [0.2, 0.25) is 0 Å². The molecule has 0 unspecified atom stereocenters. The van der Waals surface area contributed by atoms with E-state index < -0.39 is 0 Å². The van der Waals surface area contributed by atoms with E-state index >= 15 is 0 Å². The number of phenols is 1. The summed E-state index contributed by atoms with van der Waals surface area (Å²) in [5, 5.41) is 12.6. The van der Waals surface area contributed by atoms with Gasteiger partial charge in [0.05, 0.1) is 11.1 Å². The van der Waals surface area contributed by atoms with Gasteiger partial charge in [0.1, 0.15) is 11.5 Å². The number of nitrogens with zero attached hydrogens (tertiary/aromatic N) is 2. The molecule has 1 saturated heterocycles. The fourth-order valence-electron chi connectivity index (χ4n) is 4.13. The summed E-state index contributed by atoms with van der Waals surface area (Å²) in [6, 6.07) is 15.7. The normalized spacial score (nSPS) is 17.8. The number of thiophene rings is 1. The second kappa shape index (κ2) is 8.21. The third kappa shape index (κ3) is 3.84. The van der Waals surface area contributed by atoms with Gasteiger partial charge in [-0.05, 0) is 48.2 Å². The molecule has 0 atom stereocenters. The van der Waals surface area contributed by atoms with Crippen LogP contribution < -0.4 is 9.64 Å². The topological polar surface area (TPSA) is 53.0 Å². The van der Waals surface area contributed by atoms with Crippen LogP contribution in [0.15, 0.2) is 59.7 Å². The summed E-state index contributed by atoms with van der Waals surface area (Å²) < 4.78 is 6.01. The molecule has 31 heavy (non-hydrogen) atoms. The minimum absolute atomic E-state index is 0.127. The monoisotopic (exact) mass is 432 g/mol. The number of rotatable bonds is 4. The van der Waals surface area contributed by atoms with E-state index in [1.165, 1.54) is 5.69 Å². The lowest BCUT2D eigenvalue weighted by atomic mass is 10.0. The molecule has 2 aliphatic rings. The second-order valence-electron chi connectivity index (χ2n) is 7.95. The molecule has 6 heteroatoms. The lowest BCUT2D eigenvalue weighted by Gasteiger charge is -2.36. The van der Waals surface area contributed by atoms with Crippen molar-refractivity contribution in [3.05, 3.63) is 81.2 Å². The van der Waals surface area contributed by atoms with E-state index in [9.17, 15) is 9.90 Å². The van der Waals surface area contributed by atoms with Crippen LogP contribution in [0.5, 0.6) is 11.5 Å². The molecule has 3 heterocycles. The molecule has 5 rings (SSSR count). The Morgan fingerprint density at radius 2 is 1.84 bits per heavy atom. The first-order chi connectivity index (χ1) is 15.1. The summed E-state index contributed by atoms with van der Waals surface area (Å²) in [5.41, 5.74) is 3.56. The summed E-state index contributed by atoms with van der Waals surface area (Å²) in [7, 11) is 0. The molecule has 2 aliphatic heterocycles. The molecule has 1 N–H and O–H groups in total. The number of ketones is 1. The van der Waals surface area contributed by atoms with E-state index in [0.717, 1.165) is 36.6 Å². The number of benzene rings is 2. The van der Waals surface area contributed by atoms with Crippen molar-refractivity contribution in [1.29, 1.82) is 0 Å². The van der Waals surface area contributed by atoms with Gasteiger partial charge < -0.3 is 14.7 Å². The number of ether oxygens (including phenoxy) is 1. The molecule has 0 bridgehead atoms. The van der Waals surface area contributed by atoms with Gasteiger partial charge in [-0.2, -0.15) is 0 Å². The van der Waals surface area contributed by atoms with Crippen molar-refractivity contribution in [3.63, 3.8) is 0 Å². The van der Waals surface area contributed by atoms with Crippen molar-refractivity contribution in [2.24, 2.45) is 0 Å². The highest BCUT2D eigenvalue weighted by molar-refractivity contribution is 7.11. The highest BCUT2D eigenvalue weighted by Gasteiger charge is 2.32. The van der Waals surface area contributed by atoms with Crippen molar-refractivity contribution in [2.75, 3.05) is 31.1 Å². The Hall–Kier alpha value is -3.09. The maximum absolute atomic E-state index is 12.9. The minimum Gasteiger partial charge on any atom is -0.507 e. The molecule has 3 aromatic rings. The number of carbonyl (C=O) groups is 1. The first-order valence-corrected chi connectivity index (χ1v) is 11.3. The predicted molar refractivity (Wildman–Crippen MR) is 124 cm³/mol. The average molecular weight is 433 g/mol. The molecular weight excluding hydrogens is 408 g/mol. The molecule has 0 spiro atoms. The van der Waals surface area contributed by atoms with Crippen LogP contribution in [0, 0.1) is 6.92 Å². The molecule has 0 radical (unpaired) electrons. The molecule has 1 fully saturated rings. The van der Waals surface area contributed by atoms with E-state index in [2.05, 4.69) is 34.1 Å². The van der Waals surface area contributed by atoms with E-state index in [1.807, 2.05) is 30.5 Å². The number of allylic oxidation sites excluding steroid dienone is 1. The van der Waals surface area contributed by atoms with Crippen LogP contribution in [0.4, 0.5) is 5.69 Å². The Morgan fingerprint density at radius 1 is 1.06 bits per heavy atom. The highest BCUT2D eigenvalue weighted by atomic mass is 32.1. The third-order valence-corrected chi connectivity index (χ3v) is 6.92. The average Bonchev–Trinajstić information content (AvgIpc) is 3.34. The lowest BCUT2D eigenvalue weighted by Crippen LogP contribution is -2.46. The number of piperazine rings is 1. The van der Waals surface area contributed by atoms with Crippen molar-refractivity contribution in [1.82, 2.24) is 4.90 Å². The summed E-state index contributed by atoms with van der Waals surface area (Å²) >= 11 is 1.58. The van der Waals surface area contributed by atoms with Gasteiger partial charge in [0.15, 0.2) is 5.76 Å². The van der Waals surface area contributed by atoms with Gasteiger partial charge in [0.2, 0.25) is 5.78 Å². The lowest BCUT2D eigenvalue weighted by molar-refractivity contribution is 0.101. The van der Waals surface area contributed by atoms with Gasteiger partial charge in [-0.25, -0.2) is 0 Å². The molecule has 0 saturated carbocycles. The van der Waals surface area contributed by atoms with Crippen LogP contribution in [-0.4, -0.2) is 42.0 Å². The maximum atomic E-state index is 12.9. The number of fused-ring (bicyclic) bond motifs is 1. The van der Waals surface area contributed by atoms with Gasteiger partial charge in [0.25, 0.3) is 0 Å². The Morgan fingerprint density at radius 3 is 2.55 bits per heavy atom. The van der Waals surface area contributed by atoms with Gasteiger partial charge in [-0.15, -0.1) is 11.3 Å². The number of carbonyl (C=O) groups excluding carboxylic acids is 1. The van der Waals surface area contributed by atoms with Crippen LogP contribution >= 0.6 is 11.3 Å². The first-order valence-electron chi connectivity index (χ1n) is 10.5. The minimum atomic E-state index is -0.127. The summed E-state index contributed by atoms with van der Waals surface area (Å²) in [6.07, 6.45) is 1.81. The SMILES string of the molecule is Cc1ccsc1/C=C1\Oc2c(ccc(O)c2CN2CCN(c3ccccc3)CC2)C1=O. The number of phenolic OH excluding ortho intramolecular Hbond substituents is 1. The van der Waals surface area contributed by atoms with E-state index in [1.54, 1.807) is 23.5 Å². The molecule has 1 aromatic heterocycles. The van der Waals surface area contributed by atoms with E-state index in [-0.39, 0.29) is 11.5 Å². The molecule has 0 aliphatic carbocycles. The second-order valence-corrected chi connectivity index (χ2v) is 8.89. The smallest absolute Gasteiger partial charge is 0.232 e. The van der Waals surface area contributed by atoms with Crippen molar-refractivity contribution in [3.8, 4) is 11.5 Å². The largest absolute Gasteiger partial charge is 0.507 e. The summed E-state index contributed by atoms with van der Waals surface area (Å²) in [4.78, 5) is 18.6. The fourth-order valence-corrected chi connectivity index (χ4v) is 4.98. The summed E-state index contributed by atoms with van der Waals surface area (Å²) in [5.74, 6) is 0.862. The van der Waals surface area contributed by atoms with Gasteiger partial charge in [-0.1, -0.05) is 18.2 Å². The quantitative estimate of drug-likeness (QED) is 0.606. The summed E-state index contributed by atoms with van der Waals surface area (Å²) in [6.45, 7) is 6.16. The van der Waals surface area contributed by atoms with Crippen molar-refractivity contribution >= 4 is 28.9 Å². The molecule has 0 amide bonds. The number of para-hydroxylation sites is 1. The Bertz CT molecular complexity index is 1140. The van der Waals surface area contributed by atoms with Crippen LogP contribution in [0.3, 0.4) is 0 Å². The molecule has 2 aromatic carbocycles. The highest BCUT2D eigenvalue weighted by Crippen LogP contribution is 2.40. The molecule has 5 nitrogen and oxygen atoms in total. The zero-order valence-electron chi connectivity index (χ0n) is 17.4. The van der Waals surface area contributed by atoms with E-state index in [0.29, 0.717) is 29.2 Å². The zero-order chi connectivity index (χ0) is 21.4. The Labute approximate surface area is 185 Å². The number of Topliss-reactive ketones (excluding diaryl/α,β-unsaturated/α-hetero) is 1. The van der Waals surface area contributed by atoms with Crippen LogP contribution in [0.1, 0.15) is 26.4 Å². The third-order valence-electron chi connectivity index (χ3n) is 5.96. The van der Waals surface area contributed by atoms with E-state index in [4.69, 9.17) is 4.74 Å². The number of anilines is 1. The maximum Gasteiger partial charge on any atom is 0.232 e. The first kappa shape index (κ1) is 19.8. The molecular formula is C25H24N2O3S.